The van der Waals surface area contributed by atoms with Gasteiger partial charge in [0.15, 0.2) is 0 Å². The molecule has 0 saturated carbocycles. The Balaban J connectivity index is 1.68. The van der Waals surface area contributed by atoms with E-state index in [0.29, 0.717) is 28.3 Å². The number of para-hydroxylation sites is 1. The van der Waals surface area contributed by atoms with E-state index < -0.39 is 0 Å². The number of nitrogen functional groups attached to an aromatic ring is 1. The minimum atomic E-state index is -0.208. The van der Waals surface area contributed by atoms with Crippen LogP contribution in [0.2, 0.25) is 0 Å². The van der Waals surface area contributed by atoms with Crippen LogP contribution in [0.3, 0.4) is 0 Å². The van der Waals surface area contributed by atoms with Crippen LogP contribution < -0.4 is 16.2 Å². The van der Waals surface area contributed by atoms with Crippen LogP contribution in [0.25, 0.3) is 22.4 Å². The molecule has 0 radical (unpaired) electrons. The van der Waals surface area contributed by atoms with Gasteiger partial charge in [-0.3, -0.25) is 14.1 Å². The SMILES string of the molecule is Nc1cccc(-n2c(=O)n(-c3cccc(Oc4ccccc4)c3)c3cnccc32)c1. The number of hydrogen-bond acceptors (Lipinski definition) is 4. The summed E-state index contributed by atoms with van der Waals surface area (Å²) < 4.78 is 9.21. The van der Waals surface area contributed by atoms with E-state index in [1.807, 2.05) is 72.8 Å². The molecule has 0 amide bonds. The van der Waals surface area contributed by atoms with Crippen molar-refractivity contribution in [2.24, 2.45) is 0 Å². The van der Waals surface area contributed by atoms with Gasteiger partial charge in [0, 0.05) is 18.0 Å². The highest BCUT2D eigenvalue weighted by molar-refractivity contribution is 5.79. The second kappa shape index (κ2) is 7.25. The Kier molecular flexibility index (Phi) is 4.29. The molecular weight excluding hydrogens is 376 g/mol. The van der Waals surface area contributed by atoms with Crippen molar-refractivity contribution >= 4 is 16.7 Å². The molecule has 2 aromatic heterocycles. The second-order valence-electron chi connectivity index (χ2n) is 6.83. The summed E-state index contributed by atoms with van der Waals surface area (Å²) in [5, 5.41) is 0. The van der Waals surface area contributed by atoms with Gasteiger partial charge in [-0.25, -0.2) is 4.79 Å². The fourth-order valence-electron chi connectivity index (χ4n) is 3.52. The van der Waals surface area contributed by atoms with Gasteiger partial charge in [-0.15, -0.1) is 0 Å². The summed E-state index contributed by atoms with van der Waals surface area (Å²) in [7, 11) is 0. The van der Waals surface area contributed by atoms with Gasteiger partial charge in [0.2, 0.25) is 0 Å². The highest BCUT2D eigenvalue weighted by Gasteiger charge is 2.16. The zero-order valence-electron chi connectivity index (χ0n) is 16.0. The van der Waals surface area contributed by atoms with E-state index in [-0.39, 0.29) is 5.69 Å². The summed E-state index contributed by atoms with van der Waals surface area (Å²) in [6.45, 7) is 0. The first-order chi connectivity index (χ1) is 14.7. The lowest BCUT2D eigenvalue weighted by molar-refractivity contribution is 0.482. The molecule has 0 saturated heterocycles. The van der Waals surface area contributed by atoms with E-state index in [0.717, 1.165) is 11.3 Å². The molecular formula is C24H18N4O2. The largest absolute Gasteiger partial charge is 0.457 e. The van der Waals surface area contributed by atoms with Gasteiger partial charge in [0.05, 0.1) is 28.6 Å². The average Bonchev–Trinajstić information content (AvgIpc) is 3.06. The highest BCUT2D eigenvalue weighted by Crippen LogP contribution is 2.26. The lowest BCUT2D eigenvalue weighted by Crippen LogP contribution is -2.22. The maximum absolute atomic E-state index is 13.5. The smallest absolute Gasteiger partial charge is 0.338 e. The highest BCUT2D eigenvalue weighted by atomic mass is 16.5. The van der Waals surface area contributed by atoms with Crippen molar-refractivity contribution in [3.63, 3.8) is 0 Å². The number of ether oxygens (including phenoxy) is 1. The quantitative estimate of drug-likeness (QED) is 0.454. The first-order valence-corrected chi connectivity index (χ1v) is 9.47. The number of benzene rings is 3. The fraction of sp³-hybridized carbons (Fsp3) is 0. The molecule has 6 nitrogen and oxygen atoms in total. The standard InChI is InChI=1S/C24H18N4O2/c25-17-6-4-7-18(14-17)27-22-12-13-26-16-23(22)28(24(27)29)19-8-5-11-21(15-19)30-20-9-2-1-3-10-20/h1-16H,25H2. The maximum atomic E-state index is 13.5. The molecule has 0 aliphatic rings. The van der Waals surface area contributed by atoms with E-state index in [4.69, 9.17) is 10.5 Å². The average molecular weight is 394 g/mol. The van der Waals surface area contributed by atoms with E-state index in [9.17, 15) is 4.79 Å². The van der Waals surface area contributed by atoms with Crippen molar-refractivity contribution in [3.05, 3.63) is 108 Å². The van der Waals surface area contributed by atoms with Crippen molar-refractivity contribution in [2.75, 3.05) is 5.73 Å². The Morgan fingerprint density at radius 3 is 2.23 bits per heavy atom. The lowest BCUT2D eigenvalue weighted by atomic mass is 10.2. The van der Waals surface area contributed by atoms with Gasteiger partial charge in [0.25, 0.3) is 0 Å². The van der Waals surface area contributed by atoms with E-state index in [1.54, 1.807) is 33.7 Å². The molecule has 3 aromatic carbocycles. The molecule has 0 aliphatic heterocycles. The zero-order chi connectivity index (χ0) is 20.5. The van der Waals surface area contributed by atoms with Crippen molar-refractivity contribution in [2.45, 2.75) is 0 Å². The molecule has 2 heterocycles. The topological polar surface area (TPSA) is 75.1 Å². The first-order valence-electron chi connectivity index (χ1n) is 9.47. The van der Waals surface area contributed by atoms with E-state index >= 15 is 0 Å². The monoisotopic (exact) mass is 394 g/mol. The van der Waals surface area contributed by atoms with Gasteiger partial charge in [-0.2, -0.15) is 0 Å². The fourth-order valence-corrected chi connectivity index (χ4v) is 3.52. The van der Waals surface area contributed by atoms with Crippen molar-refractivity contribution < 1.29 is 4.74 Å². The summed E-state index contributed by atoms with van der Waals surface area (Å²) in [5.74, 6) is 1.37. The predicted octanol–water partition coefficient (Wildman–Crippen LogP) is 4.55. The molecule has 0 atom stereocenters. The van der Waals surface area contributed by atoms with Gasteiger partial charge in [-0.1, -0.05) is 30.3 Å². The normalized spacial score (nSPS) is 10.9. The molecule has 0 bridgehead atoms. The molecule has 146 valence electrons. The molecule has 5 rings (SSSR count). The van der Waals surface area contributed by atoms with Crippen LogP contribution in [0.4, 0.5) is 5.69 Å². The third-order valence-corrected chi connectivity index (χ3v) is 4.83. The minimum Gasteiger partial charge on any atom is -0.457 e. The number of imidazole rings is 1. The summed E-state index contributed by atoms with van der Waals surface area (Å²) >= 11 is 0. The van der Waals surface area contributed by atoms with Gasteiger partial charge >= 0.3 is 5.69 Å². The Bertz CT molecular complexity index is 1400. The van der Waals surface area contributed by atoms with E-state index in [2.05, 4.69) is 4.98 Å². The Morgan fingerprint density at radius 2 is 1.43 bits per heavy atom. The number of fused-ring (bicyclic) bond motifs is 1. The third kappa shape index (κ3) is 3.10. The maximum Gasteiger partial charge on any atom is 0.338 e. The molecule has 0 spiro atoms. The van der Waals surface area contributed by atoms with Crippen LogP contribution >= 0.6 is 0 Å². The summed E-state index contributed by atoms with van der Waals surface area (Å²) in [6.07, 6.45) is 3.36. The van der Waals surface area contributed by atoms with Gasteiger partial charge in [-0.05, 0) is 48.5 Å². The van der Waals surface area contributed by atoms with Crippen LogP contribution in [-0.2, 0) is 0 Å². The van der Waals surface area contributed by atoms with Crippen molar-refractivity contribution in [1.29, 1.82) is 0 Å². The van der Waals surface area contributed by atoms with Crippen molar-refractivity contribution in [1.82, 2.24) is 14.1 Å². The molecule has 5 aromatic rings. The van der Waals surface area contributed by atoms with Crippen molar-refractivity contribution in [3.8, 4) is 22.9 Å². The number of aromatic nitrogens is 3. The molecule has 0 unspecified atom stereocenters. The molecule has 0 fully saturated rings. The molecule has 0 aliphatic carbocycles. The number of nitrogens with two attached hydrogens (primary N) is 1. The van der Waals surface area contributed by atoms with Crippen LogP contribution in [0.15, 0.2) is 102 Å². The Morgan fingerprint density at radius 1 is 0.733 bits per heavy atom. The molecule has 2 N–H and O–H groups in total. The molecule has 6 heteroatoms. The van der Waals surface area contributed by atoms with E-state index in [1.165, 1.54) is 0 Å². The molecule has 30 heavy (non-hydrogen) atoms. The van der Waals surface area contributed by atoms with Crippen LogP contribution in [0.5, 0.6) is 11.5 Å². The first kappa shape index (κ1) is 17.8. The Labute approximate surface area is 172 Å². The summed E-state index contributed by atoms with van der Waals surface area (Å²) in [4.78, 5) is 17.7. The van der Waals surface area contributed by atoms with Crippen LogP contribution in [0, 0.1) is 0 Å². The number of nitrogens with zero attached hydrogens (tertiary/aromatic N) is 3. The Hall–Kier alpha value is -4.32. The minimum absolute atomic E-state index is 0.208. The predicted molar refractivity (Wildman–Crippen MR) is 118 cm³/mol. The number of rotatable bonds is 4. The van der Waals surface area contributed by atoms with Gasteiger partial charge < -0.3 is 10.5 Å². The zero-order valence-corrected chi connectivity index (χ0v) is 16.0. The number of pyridine rings is 1. The third-order valence-electron chi connectivity index (χ3n) is 4.83. The van der Waals surface area contributed by atoms with Crippen LogP contribution in [0.1, 0.15) is 0 Å². The number of anilines is 1. The summed E-state index contributed by atoms with van der Waals surface area (Å²) in [6, 6.07) is 26.0. The second-order valence-corrected chi connectivity index (χ2v) is 6.83. The van der Waals surface area contributed by atoms with Gasteiger partial charge in [0.1, 0.15) is 11.5 Å². The van der Waals surface area contributed by atoms with Crippen LogP contribution in [-0.4, -0.2) is 14.1 Å². The summed E-state index contributed by atoms with van der Waals surface area (Å²) in [5.41, 5.74) is 9.16. The number of hydrogen-bond donors (Lipinski definition) is 1. The lowest BCUT2D eigenvalue weighted by Gasteiger charge is -2.08.